The topological polar surface area (TPSA) is 77.1 Å². The maximum absolute atomic E-state index is 12.6. The summed E-state index contributed by atoms with van der Waals surface area (Å²) in [5, 5.41) is 2.65. The Kier molecular flexibility index (Phi) is 6.53. The lowest BCUT2D eigenvalue weighted by Crippen LogP contribution is -2.27. The van der Waals surface area contributed by atoms with Crippen molar-refractivity contribution in [2.45, 2.75) is 18.8 Å². The van der Waals surface area contributed by atoms with Gasteiger partial charge in [-0.05, 0) is 35.4 Å². The van der Waals surface area contributed by atoms with Gasteiger partial charge in [-0.25, -0.2) is 0 Å². The fourth-order valence-corrected chi connectivity index (χ4v) is 4.45. The Labute approximate surface area is 174 Å². The molecule has 3 rings (SSSR count). The third-order valence-electron chi connectivity index (χ3n) is 4.56. The maximum Gasteiger partial charge on any atom is 0.234 e. The van der Waals surface area contributed by atoms with Crippen LogP contribution >= 0.6 is 11.8 Å². The van der Waals surface area contributed by atoms with Crippen molar-refractivity contribution in [3.63, 3.8) is 0 Å². The Hall–Kier alpha value is -2.87. The second kappa shape index (κ2) is 9.09. The summed E-state index contributed by atoms with van der Waals surface area (Å²) in [6, 6.07) is 11.3. The number of ether oxygens (including phenoxy) is 3. The van der Waals surface area contributed by atoms with Crippen LogP contribution in [0.2, 0.25) is 0 Å². The summed E-state index contributed by atoms with van der Waals surface area (Å²) in [5.74, 6) is 2.00. The monoisotopic (exact) mass is 416 g/mol. The van der Waals surface area contributed by atoms with E-state index in [4.69, 9.17) is 14.2 Å². The molecule has 29 heavy (non-hydrogen) atoms. The normalized spacial score (nSPS) is 15.9. The highest BCUT2D eigenvalue weighted by molar-refractivity contribution is 8.00. The van der Waals surface area contributed by atoms with Crippen LogP contribution in [0, 0.1) is 0 Å². The van der Waals surface area contributed by atoms with Crippen LogP contribution in [-0.2, 0) is 16.1 Å². The highest BCUT2D eigenvalue weighted by atomic mass is 32.2. The van der Waals surface area contributed by atoms with Crippen LogP contribution in [0.5, 0.6) is 17.2 Å². The van der Waals surface area contributed by atoms with Crippen LogP contribution in [0.15, 0.2) is 36.4 Å². The third-order valence-corrected chi connectivity index (χ3v) is 5.82. The molecule has 1 unspecified atom stereocenters. The van der Waals surface area contributed by atoms with Crippen LogP contribution < -0.4 is 19.5 Å². The van der Waals surface area contributed by atoms with Gasteiger partial charge in [0.25, 0.3) is 0 Å². The Bertz CT molecular complexity index is 875. The molecule has 2 aromatic carbocycles. The number of benzene rings is 2. The Morgan fingerprint density at radius 1 is 1.10 bits per heavy atom. The van der Waals surface area contributed by atoms with E-state index in [0.717, 1.165) is 16.8 Å². The van der Waals surface area contributed by atoms with E-state index in [-0.39, 0.29) is 17.2 Å². The van der Waals surface area contributed by atoms with E-state index in [1.165, 1.54) is 6.92 Å². The smallest absolute Gasteiger partial charge is 0.234 e. The predicted octanol–water partition coefficient (Wildman–Crippen LogP) is 3.45. The molecule has 8 heteroatoms. The Morgan fingerprint density at radius 2 is 1.72 bits per heavy atom. The number of anilines is 1. The number of methoxy groups -OCH3 is 3. The second-order valence-corrected chi connectivity index (χ2v) is 7.59. The number of amides is 2. The molecule has 7 nitrogen and oxygen atoms in total. The molecule has 1 aliphatic heterocycles. The summed E-state index contributed by atoms with van der Waals surface area (Å²) < 4.78 is 16.2. The molecular weight excluding hydrogens is 392 g/mol. The molecule has 154 valence electrons. The van der Waals surface area contributed by atoms with Gasteiger partial charge in [0.1, 0.15) is 5.37 Å². The molecule has 1 aliphatic rings. The van der Waals surface area contributed by atoms with Crippen molar-refractivity contribution in [2.75, 3.05) is 32.4 Å². The van der Waals surface area contributed by atoms with Crippen LogP contribution in [0.25, 0.3) is 0 Å². The molecule has 0 bridgehead atoms. The molecule has 1 fully saturated rings. The molecule has 1 heterocycles. The molecule has 1 saturated heterocycles. The van der Waals surface area contributed by atoms with Gasteiger partial charge in [-0.1, -0.05) is 12.1 Å². The van der Waals surface area contributed by atoms with Crippen LogP contribution in [0.4, 0.5) is 5.69 Å². The van der Waals surface area contributed by atoms with E-state index in [1.54, 1.807) is 33.1 Å². The van der Waals surface area contributed by atoms with E-state index in [9.17, 15) is 9.59 Å². The largest absolute Gasteiger partial charge is 0.493 e. The van der Waals surface area contributed by atoms with Gasteiger partial charge in [-0.2, -0.15) is 0 Å². The number of hydrogen-bond donors (Lipinski definition) is 1. The zero-order chi connectivity index (χ0) is 21.0. The van der Waals surface area contributed by atoms with Crippen molar-refractivity contribution in [1.82, 2.24) is 4.90 Å². The molecule has 0 radical (unpaired) electrons. The summed E-state index contributed by atoms with van der Waals surface area (Å²) in [5.41, 5.74) is 2.62. The lowest BCUT2D eigenvalue weighted by atomic mass is 10.1. The van der Waals surface area contributed by atoms with Crippen molar-refractivity contribution < 1.29 is 23.8 Å². The number of rotatable bonds is 7. The summed E-state index contributed by atoms with van der Waals surface area (Å²) in [7, 11) is 4.69. The lowest BCUT2D eigenvalue weighted by Gasteiger charge is -2.25. The van der Waals surface area contributed by atoms with Gasteiger partial charge < -0.3 is 24.4 Å². The lowest BCUT2D eigenvalue weighted by molar-refractivity contribution is -0.128. The molecule has 1 atom stereocenters. The minimum Gasteiger partial charge on any atom is -0.493 e. The molecule has 0 saturated carbocycles. The van der Waals surface area contributed by atoms with E-state index in [2.05, 4.69) is 5.32 Å². The van der Waals surface area contributed by atoms with Gasteiger partial charge in [0.05, 0.1) is 27.1 Å². The first-order valence-electron chi connectivity index (χ1n) is 9.04. The second-order valence-electron chi connectivity index (χ2n) is 6.52. The average Bonchev–Trinajstić information content (AvgIpc) is 3.07. The van der Waals surface area contributed by atoms with Gasteiger partial charge in [0.2, 0.25) is 17.6 Å². The third kappa shape index (κ3) is 4.59. The van der Waals surface area contributed by atoms with Crippen molar-refractivity contribution in [1.29, 1.82) is 0 Å². The van der Waals surface area contributed by atoms with Crippen LogP contribution in [-0.4, -0.2) is 43.8 Å². The number of nitrogens with one attached hydrogen (secondary N) is 1. The summed E-state index contributed by atoms with van der Waals surface area (Å²) >= 11 is 1.58. The fourth-order valence-electron chi connectivity index (χ4n) is 3.26. The quantitative estimate of drug-likeness (QED) is 0.745. The number of carbonyl (C=O) groups is 2. The van der Waals surface area contributed by atoms with Crippen molar-refractivity contribution in [2.24, 2.45) is 0 Å². The first-order chi connectivity index (χ1) is 14.0. The zero-order valence-corrected chi connectivity index (χ0v) is 17.7. The molecule has 2 aromatic rings. The molecule has 0 aliphatic carbocycles. The predicted molar refractivity (Wildman–Crippen MR) is 113 cm³/mol. The average molecular weight is 416 g/mol. The van der Waals surface area contributed by atoms with Crippen LogP contribution in [0.1, 0.15) is 23.4 Å². The molecule has 2 amide bonds. The first kappa shape index (κ1) is 20.9. The number of hydrogen-bond acceptors (Lipinski definition) is 6. The fraction of sp³-hybridized carbons (Fsp3) is 0.333. The van der Waals surface area contributed by atoms with Gasteiger partial charge in [0, 0.05) is 19.2 Å². The van der Waals surface area contributed by atoms with E-state index >= 15 is 0 Å². The summed E-state index contributed by atoms with van der Waals surface area (Å²) in [6.45, 7) is 1.89. The standard InChI is InChI=1S/C21H24N2O5S/c1-13(24)22-16-7-5-15(6-8-16)21-23(19(25)12-29-21)11-14-9-17(26-2)20(28-4)18(10-14)27-3/h5-10,21H,11-12H2,1-4H3,(H,22,24). The van der Waals surface area contributed by atoms with Gasteiger partial charge in [-0.3, -0.25) is 9.59 Å². The molecular formula is C21H24N2O5S. The number of thioether (sulfide) groups is 1. The van der Waals surface area contributed by atoms with Crippen molar-refractivity contribution >= 4 is 29.3 Å². The minimum atomic E-state index is -0.118. The summed E-state index contributed by atoms with van der Waals surface area (Å²) in [6.07, 6.45) is 0. The molecule has 1 N–H and O–H groups in total. The number of nitrogens with zero attached hydrogens (tertiary/aromatic N) is 1. The van der Waals surface area contributed by atoms with E-state index in [0.29, 0.717) is 29.5 Å². The summed E-state index contributed by atoms with van der Waals surface area (Å²) in [4.78, 5) is 25.6. The minimum absolute atomic E-state index is 0.0692. The van der Waals surface area contributed by atoms with Crippen LogP contribution in [0.3, 0.4) is 0 Å². The van der Waals surface area contributed by atoms with Crippen molar-refractivity contribution in [3.8, 4) is 17.2 Å². The number of carbonyl (C=O) groups excluding carboxylic acids is 2. The van der Waals surface area contributed by atoms with E-state index < -0.39 is 0 Å². The Balaban J connectivity index is 1.85. The zero-order valence-electron chi connectivity index (χ0n) is 16.9. The van der Waals surface area contributed by atoms with Crippen molar-refractivity contribution in [3.05, 3.63) is 47.5 Å². The highest BCUT2D eigenvalue weighted by Crippen LogP contribution is 2.42. The van der Waals surface area contributed by atoms with Gasteiger partial charge in [0.15, 0.2) is 11.5 Å². The first-order valence-corrected chi connectivity index (χ1v) is 10.1. The molecule has 0 spiro atoms. The van der Waals surface area contributed by atoms with Gasteiger partial charge >= 0.3 is 0 Å². The molecule has 0 aromatic heterocycles. The maximum atomic E-state index is 12.6. The SMILES string of the molecule is COc1cc(CN2C(=O)CSC2c2ccc(NC(C)=O)cc2)cc(OC)c1OC. The highest BCUT2D eigenvalue weighted by Gasteiger charge is 2.33. The Morgan fingerprint density at radius 3 is 2.24 bits per heavy atom. The van der Waals surface area contributed by atoms with Gasteiger partial charge in [-0.15, -0.1) is 11.8 Å². The van der Waals surface area contributed by atoms with E-state index in [1.807, 2.05) is 41.3 Å².